The topological polar surface area (TPSA) is 54.9 Å². The highest BCUT2D eigenvalue weighted by atomic mass is 127. The molecular weight excluding hydrogens is 393 g/mol. The predicted molar refractivity (Wildman–Crippen MR) is 102 cm³/mol. The predicted octanol–water partition coefficient (Wildman–Crippen LogP) is 2.54. The van der Waals surface area contributed by atoms with E-state index in [1.807, 2.05) is 6.92 Å². The number of hydrogen-bond donors (Lipinski definition) is 2. The molecule has 1 rings (SSSR count). The molecule has 126 valence electrons. The van der Waals surface area contributed by atoms with E-state index in [4.69, 9.17) is 9.47 Å². The Balaban J connectivity index is 0.00000441. The van der Waals surface area contributed by atoms with E-state index in [0.29, 0.717) is 13.2 Å². The molecule has 0 aliphatic heterocycles. The zero-order valence-electron chi connectivity index (χ0n) is 13.9. The molecule has 0 aliphatic rings. The highest BCUT2D eigenvalue weighted by Gasteiger charge is 2.04. The summed E-state index contributed by atoms with van der Waals surface area (Å²) in [5.74, 6) is 0.776. The van der Waals surface area contributed by atoms with E-state index < -0.39 is 0 Å². The van der Waals surface area contributed by atoms with Crippen molar-refractivity contribution in [1.82, 2.24) is 10.6 Å². The minimum absolute atomic E-state index is 0. The first-order valence-electron chi connectivity index (χ1n) is 7.31. The third kappa shape index (κ3) is 8.55. The number of methoxy groups -OCH3 is 1. The van der Waals surface area contributed by atoms with Gasteiger partial charge >= 0.3 is 0 Å². The number of ether oxygens (including phenoxy) is 2. The molecule has 0 heterocycles. The van der Waals surface area contributed by atoms with Crippen LogP contribution in [0, 0.1) is 0 Å². The van der Waals surface area contributed by atoms with Crippen LogP contribution in [0.2, 0.25) is 0 Å². The van der Waals surface area contributed by atoms with Crippen molar-refractivity contribution in [1.29, 1.82) is 0 Å². The summed E-state index contributed by atoms with van der Waals surface area (Å²) < 4.78 is 10.5. The second-order valence-corrected chi connectivity index (χ2v) is 4.88. The first-order chi connectivity index (χ1) is 10.2. The molecule has 0 aromatic heterocycles. The van der Waals surface area contributed by atoms with Crippen molar-refractivity contribution in [3.63, 3.8) is 0 Å². The van der Waals surface area contributed by atoms with E-state index in [-0.39, 0.29) is 30.0 Å². The molecule has 22 heavy (non-hydrogen) atoms. The summed E-state index contributed by atoms with van der Waals surface area (Å²) in [6.45, 7) is 6.84. The van der Waals surface area contributed by atoms with Gasteiger partial charge in [-0.3, -0.25) is 4.99 Å². The number of nitrogens with zero attached hydrogens (tertiary/aromatic N) is 1. The van der Waals surface area contributed by atoms with E-state index in [0.717, 1.165) is 19.1 Å². The Kier molecular flexibility index (Phi) is 12.2. The van der Waals surface area contributed by atoms with Crippen molar-refractivity contribution in [2.24, 2.45) is 4.99 Å². The molecule has 0 radical (unpaired) electrons. The summed E-state index contributed by atoms with van der Waals surface area (Å²) in [4.78, 5) is 4.20. The van der Waals surface area contributed by atoms with Crippen LogP contribution in [0.25, 0.3) is 0 Å². The normalized spacial score (nSPS) is 12.5. The van der Waals surface area contributed by atoms with Crippen LogP contribution in [0.3, 0.4) is 0 Å². The van der Waals surface area contributed by atoms with Gasteiger partial charge in [-0.05, 0) is 25.0 Å². The highest BCUT2D eigenvalue weighted by molar-refractivity contribution is 14.0. The molecule has 0 spiro atoms. The summed E-state index contributed by atoms with van der Waals surface area (Å²) in [7, 11) is 3.46. The third-order valence-corrected chi connectivity index (χ3v) is 2.98. The SMILES string of the molecule is CCOCc1ccc(CNC(=NC)NC(C)COC)cc1.I. The van der Waals surface area contributed by atoms with Crippen LogP contribution >= 0.6 is 24.0 Å². The Morgan fingerprint density at radius 3 is 2.41 bits per heavy atom. The van der Waals surface area contributed by atoms with E-state index in [2.05, 4.69) is 46.8 Å². The standard InChI is InChI=1S/C16H27N3O2.HI/c1-5-21-12-15-8-6-14(7-9-15)10-18-16(17-3)19-13(2)11-20-4;/h6-9,13H,5,10-12H2,1-4H3,(H2,17,18,19);1H. The lowest BCUT2D eigenvalue weighted by molar-refractivity contribution is 0.134. The Morgan fingerprint density at radius 2 is 1.86 bits per heavy atom. The number of nitrogens with one attached hydrogen (secondary N) is 2. The van der Waals surface area contributed by atoms with Gasteiger partial charge in [-0.15, -0.1) is 24.0 Å². The van der Waals surface area contributed by atoms with Gasteiger partial charge < -0.3 is 20.1 Å². The molecular formula is C16H28IN3O2. The minimum Gasteiger partial charge on any atom is -0.383 e. The molecule has 1 aromatic rings. The van der Waals surface area contributed by atoms with Gasteiger partial charge in [-0.1, -0.05) is 24.3 Å². The summed E-state index contributed by atoms with van der Waals surface area (Å²) >= 11 is 0. The fraction of sp³-hybridized carbons (Fsp3) is 0.562. The Morgan fingerprint density at radius 1 is 1.23 bits per heavy atom. The molecule has 0 saturated carbocycles. The van der Waals surface area contributed by atoms with Crippen LogP contribution < -0.4 is 10.6 Å². The summed E-state index contributed by atoms with van der Waals surface area (Å²) in [5, 5.41) is 6.56. The molecule has 1 atom stereocenters. The van der Waals surface area contributed by atoms with Crippen molar-refractivity contribution < 1.29 is 9.47 Å². The quantitative estimate of drug-likeness (QED) is 0.385. The average Bonchev–Trinajstić information content (AvgIpc) is 2.50. The van der Waals surface area contributed by atoms with Crippen LogP contribution in [-0.2, 0) is 22.6 Å². The molecule has 2 N–H and O–H groups in total. The molecule has 0 aliphatic carbocycles. The third-order valence-electron chi connectivity index (χ3n) is 2.98. The van der Waals surface area contributed by atoms with Gasteiger partial charge in [-0.2, -0.15) is 0 Å². The first kappa shape index (κ1) is 21.1. The molecule has 6 heteroatoms. The fourth-order valence-electron chi connectivity index (χ4n) is 1.88. The van der Waals surface area contributed by atoms with Crippen molar-refractivity contribution >= 4 is 29.9 Å². The van der Waals surface area contributed by atoms with Gasteiger partial charge in [-0.25, -0.2) is 0 Å². The molecule has 1 aromatic carbocycles. The summed E-state index contributed by atoms with van der Waals surface area (Å²) in [5.41, 5.74) is 2.40. The van der Waals surface area contributed by atoms with Crippen LogP contribution in [-0.4, -0.2) is 39.4 Å². The van der Waals surface area contributed by atoms with Crippen LogP contribution in [0.4, 0.5) is 0 Å². The smallest absolute Gasteiger partial charge is 0.191 e. The van der Waals surface area contributed by atoms with Crippen molar-refractivity contribution in [3.05, 3.63) is 35.4 Å². The first-order valence-corrected chi connectivity index (χ1v) is 7.31. The Bertz CT molecular complexity index is 424. The van der Waals surface area contributed by atoms with Crippen LogP contribution in [0.15, 0.2) is 29.3 Å². The monoisotopic (exact) mass is 421 g/mol. The lowest BCUT2D eigenvalue weighted by Crippen LogP contribution is -2.43. The van der Waals surface area contributed by atoms with Crippen LogP contribution in [0.1, 0.15) is 25.0 Å². The summed E-state index contributed by atoms with van der Waals surface area (Å²) in [6.07, 6.45) is 0. The number of rotatable bonds is 8. The number of aliphatic imine (C=N–C) groups is 1. The minimum atomic E-state index is 0. The molecule has 0 amide bonds. The van der Waals surface area contributed by atoms with Gasteiger partial charge in [0.1, 0.15) is 0 Å². The second-order valence-electron chi connectivity index (χ2n) is 4.88. The van der Waals surface area contributed by atoms with E-state index in [1.165, 1.54) is 11.1 Å². The Labute approximate surface area is 150 Å². The average molecular weight is 421 g/mol. The highest BCUT2D eigenvalue weighted by Crippen LogP contribution is 2.05. The zero-order chi connectivity index (χ0) is 15.5. The van der Waals surface area contributed by atoms with Crippen molar-refractivity contribution in [3.8, 4) is 0 Å². The molecule has 0 fully saturated rings. The number of guanidine groups is 1. The van der Waals surface area contributed by atoms with E-state index in [9.17, 15) is 0 Å². The maximum absolute atomic E-state index is 5.39. The van der Waals surface area contributed by atoms with Gasteiger partial charge in [0.2, 0.25) is 0 Å². The fourth-order valence-corrected chi connectivity index (χ4v) is 1.88. The summed E-state index contributed by atoms with van der Waals surface area (Å²) in [6, 6.07) is 8.61. The van der Waals surface area contributed by atoms with Crippen LogP contribution in [0.5, 0.6) is 0 Å². The molecule has 1 unspecified atom stereocenters. The molecule has 0 bridgehead atoms. The molecule has 0 saturated heterocycles. The maximum Gasteiger partial charge on any atom is 0.191 e. The van der Waals surface area contributed by atoms with E-state index in [1.54, 1.807) is 14.2 Å². The van der Waals surface area contributed by atoms with Crippen molar-refractivity contribution in [2.75, 3.05) is 27.4 Å². The van der Waals surface area contributed by atoms with Gasteiger partial charge in [0, 0.05) is 33.4 Å². The largest absolute Gasteiger partial charge is 0.383 e. The zero-order valence-corrected chi connectivity index (χ0v) is 16.2. The number of benzene rings is 1. The van der Waals surface area contributed by atoms with E-state index >= 15 is 0 Å². The van der Waals surface area contributed by atoms with Gasteiger partial charge in [0.25, 0.3) is 0 Å². The lowest BCUT2D eigenvalue weighted by atomic mass is 10.1. The molecule has 5 nitrogen and oxygen atoms in total. The van der Waals surface area contributed by atoms with Gasteiger partial charge in [0.05, 0.1) is 13.2 Å². The second kappa shape index (κ2) is 12.7. The number of halogens is 1. The number of hydrogen-bond acceptors (Lipinski definition) is 3. The van der Waals surface area contributed by atoms with Crippen molar-refractivity contribution in [2.45, 2.75) is 33.0 Å². The van der Waals surface area contributed by atoms with Gasteiger partial charge in [0.15, 0.2) is 5.96 Å². The lowest BCUT2D eigenvalue weighted by Gasteiger charge is -2.17. The Hall–Kier alpha value is -0.860. The maximum atomic E-state index is 5.39.